The van der Waals surface area contributed by atoms with Crippen molar-refractivity contribution in [1.82, 2.24) is 14.9 Å². The Morgan fingerprint density at radius 3 is 2.33 bits per heavy atom. The van der Waals surface area contributed by atoms with Crippen LogP contribution in [0.4, 0.5) is 0 Å². The molecule has 0 radical (unpaired) electrons. The van der Waals surface area contributed by atoms with Crippen molar-refractivity contribution in [1.29, 1.82) is 0 Å². The first-order chi connectivity index (χ1) is 17.2. The van der Waals surface area contributed by atoms with Gasteiger partial charge in [-0.25, -0.2) is 13.1 Å². The molecule has 8 nitrogen and oxygen atoms in total. The molecule has 0 aromatic heterocycles. The normalized spacial score (nSPS) is 14.3. The van der Waals surface area contributed by atoms with Crippen molar-refractivity contribution in [2.24, 2.45) is 0 Å². The first-order valence-corrected chi connectivity index (χ1v) is 14.0. The molecule has 1 atom stereocenters. The lowest BCUT2D eigenvalue weighted by Gasteiger charge is -2.29. The monoisotopic (exact) mass is 535 g/mol. The number of nitrogens with zero attached hydrogens (tertiary/aromatic N) is 1. The number of amides is 2. The maximum absolute atomic E-state index is 13.3. The lowest BCUT2D eigenvalue weighted by molar-refractivity contribution is -0.140. The summed E-state index contributed by atoms with van der Waals surface area (Å²) in [5.74, 6) is -0.400. The van der Waals surface area contributed by atoms with E-state index in [2.05, 4.69) is 10.0 Å². The number of nitrogens with one attached hydrogen (secondary N) is 2. The van der Waals surface area contributed by atoms with Gasteiger partial charge in [-0.2, -0.15) is 0 Å². The second kappa shape index (κ2) is 13.2. The SMILES string of the molecule is COCCCNC(=O)C(C)N(Cc1ccc(Cl)cc1)C(=O)CCc1ccc(S(=O)(=O)NC2CC2)cc1. The average molecular weight is 536 g/mol. The van der Waals surface area contributed by atoms with Crippen LogP contribution in [0.2, 0.25) is 5.02 Å². The summed E-state index contributed by atoms with van der Waals surface area (Å²) >= 11 is 5.99. The van der Waals surface area contributed by atoms with Gasteiger partial charge in [-0.1, -0.05) is 35.9 Å². The van der Waals surface area contributed by atoms with Crippen LogP contribution < -0.4 is 10.0 Å². The first-order valence-electron chi connectivity index (χ1n) is 12.1. The Hall–Kier alpha value is -2.46. The molecule has 2 aromatic carbocycles. The lowest BCUT2D eigenvalue weighted by Crippen LogP contribution is -2.48. The van der Waals surface area contributed by atoms with Gasteiger partial charge >= 0.3 is 0 Å². The van der Waals surface area contributed by atoms with E-state index in [4.69, 9.17) is 16.3 Å². The first kappa shape index (κ1) is 28.1. The van der Waals surface area contributed by atoms with Crippen LogP contribution in [0.25, 0.3) is 0 Å². The van der Waals surface area contributed by atoms with Crippen LogP contribution in [-0.4, -0.2) is 57.5 Å². The summed E-state index contributed by atoms with van der Waals surface area (Å²) in [7, 11) is -1.91. The van der Waals surface area contributed by atoms with Crippen LogP contribution in [0.5, 0.6) is 0 Å². The van der Waals surface area contributed by atoms with Crippen LogP contribution in [0.15, 0.2) is 53.4 Å². The Morgan fingerprint density at radius 1 is 1.08 bits per heavy atom. The third kappa shape index (κ3) is 8.58. The van der Waals surface area contributed by atoms with Gasteiger partial charge in [-0.3, -0.25) is 9.59 Å². The molecule has 1 aliphatic rings. The highest BCUT2D eigenvalue weighted by Crippen LogP contribution is 2.22. The minimum Gasteiger partial charge on any atom is -0.385 e. The van der Waals surface area contributed by atoms with Gasteiger partial charge in [0.15, 0.2) is 0 Å². The molecule has 0 aliphatic heterocycles. The van der Waals surface area contributed by atoms with Gasteiger partial charge in [0.25, 0.3) is 0 Å². The Bertz CT molecular complexity index is 1120. The summed E-state index contributed by atoms with van der Waals surface area (Å²) in [6, 6.07) is 13.1. The highest BCUT2D eigenvalue weighted by atomic mass is 35.5. The summed E-state index contributed by atoms with van der Waals surface area (Å²) in [6.07, 6.45) is 3.03. The van der Waals surface area contributed by atoms with Gasteiger partial charge in [0.05, 0.1) is 4.90 Å². The number of hydrogen-bond donors (Lipinski definition) is 2. The van der Waals surface area contributed by atoms with Gasteiger partial charge < -0.3 is 15.0 Å². The third-order valence-electron chi connectivity index (χ3n) is 6.02. The number of methoxy groups -OCH3 is 1. The van der Waals surface area contributed by atoms with Crippen molar-refractivity contribution in [3.8, 4) is 0 Å². The van der Waals surface area contributed by atoms with E-state index in [1.807, 2.05) is 12.1 Å². The van der Waals surface area contributed by atoms with Crippen molar-refractivity contribution in [3.63, 3.8) is 0 Å². The van der Waals surface area contributed by atoms with Crippen molar-refractivity contribution < 1.29 is 22.7 Å². The minimum absolute atomic E-state index is 0.0399. The smallest absolute Gasteiger partial charge is 0.242 e. The number of benzene rings is 2. The van der Waals surface area contributed by atoms with Crippen molar-refractivity contribution in [2.45, 2.75) is 62.6 Å². The second-order valence-electron chi connectivity index (χ2n) is 9.00. The van der Waals surface area contributed by atoms with E-state index in [0.717, 1.165) is 24.0 Å². The molecular formula is C26H34ClN3O5S. The molecule has 1 aliphatic carbocycles. The van der Waals surface area contributed by atoms with Crippen LogP contribution in [0.3, 0.4) is 0 Å². The quantitative estimate of drug-likeness (QED) is 0.361. The number of aryl methyl sites for hydroxylation is 1. The maximum Gasteiger partial charge on any atom is 0.242 e. The molecule has 36 heavy (non-hydrogen) atoms. The Kier molecular flexibility index (Phi) is 10.3. The molecule has 3 rings (SSSR count). The number of hydrogen-bond acceptors (Lipinski definition) is 5. The Labute approximate surface area is 218 Å². The molecule has 2 amide bonds. The van der Waals surface area contributed by atoms with Gasteiger partial charge in [-0.05, 0) is 68.0 Å². The van der Waals surface area contributed by atoms with Crippen LogP contribution in [-0.2, 0) is 37.3 Å². The molecule has 0 bridgehead atoms. The van der Waals surface area contributed by atoms with Crippen LogP contribution in [0.1, 0.15) is 43.7 Å². The molecule has 0 spiro atoms. The number of sulfonamides is 1. The number of halogens is 1. The highest BCUT2D eigenvalue weighted by Gasteiger charge is 2.28. The molecule has 0 saturated heterocycles. The molecule has 0 heterocycles. The van der Waals surface area contributed by atoms with E-state index in [1.165, 1.54) is 0 Å². The van der Waals surface area contributed by atoms with E-state index in [1.54, 1.807) is 55.3 Å². The number of rotatable bonds is 14. The summed E-state index contributed by atoms with van der Waals surface area (Å²) in [5.41, 5.74) is 1.71. The van der Waals surface area contributed by atoms with Gasteiger partial charge in [-0.15, -0.1) is 0 Å². The highest BCUT2D eigenvalue weighted by molar-refractivity contribution is 7.89. The van der Waals surface area contributed by atoms with Gasteiger partial charge in [0.2, 0.25) is 21.8 Å². The zero-order valence-corrected chi connectivity index (χ0v) is 22.3. The molecule has 2 N–H and O–H groups in total. The van der Waals surface area contributed by atoms with E-state index in [0.29, 0.717) is 31.0 Å². The maximum atomic E-state index is 13.3. The summed E-state index contributed by atoms with van der Waals surface area (Å²) < 4.78 is 32.4. The summed E-state index contributed by atoms with van der Waals surface area (Å²) in [4.78, 5) is 27.8. The Balaban J connectivity index is 1.64. The standard InChI is InChI=1S/C26H34ClN3O5S/c1-19(26(32)28-16-3-17-35-2)30(18-21-4-9-22(27)10-5-21)25(31)15-8-20-6-13-24(14-7-20)36(33,34)29-23-11-12-23/h4-7,9-10,13-14,19,23,29H,3,8,11-12,15-18H2,1-2H3,(H,28,32). The number of ether oxygens (including phenoxy) is 1. The zero-order valence-electron chi connectivity index (χ0n) is 20.7. The second-order valence-corrected chi connectivity index (χ2v) is 11.2. The molecule has 196 valence electrons. The lowest BCUT2D eigenvalue weighted by atomic mass is 10.1. The van der Waals surface area contributed by atoms with Crippen LogP contribution in [0, 0.1) is 0 Å². The topological polar surface area (TPSA) is 105 Å². The summed E-state index contributed by atoms with van der Waals surface area (Å²) in [5, 5.41) is 3.46. The van der Waals surface area contributed by atoms with Gasteiger partial charge in [0.1, 0.15) is 6.04 Å². The van der Waals surface area contributed by atoms with E-state index in [9.17, 15) is 18.0 Å². The van der Waals surface area contributed by atoms with Gasteiger partial charge in [0, 0.05) is 44.3 Å². The fourth-order valence-electron chi connectivity index (χ4n) is 3.66. The fraction of sp³-hybridized carbons (Fsp3) is 0.462. The molecule has 2 aromatic rings. The van der Waals surface area contributed by atoms with Crippen molar-refractivity contribution >= 4 is 33.4 Å². The van der Waals surface area contributed by atoms with Crippen LogP contribution >= 0.6 is 11.6 Å². The molecule has 1 fully saturated rings. The van der Waals surface area contributed by atoms with E-state index >= 15 is 0 Å². The van der Waals surface area contributed by atoms with Crippen molar-refractivity contribution in [3.05, 3.63) is 64.7 Å². The molecule has 1 unspecified atom stereocenters. The predicted octanol–water partition coefficient (Wildman–Crippen LogP) is 3.28. The molecule has 10 heteroatoms. The average Bonchev–Trinajstić information content (AvgIpc) is 3.68. The predicted molar refractivity (Wildman–Crippen MR) is 139 cm³/mol. The van der Waals surface area contributed by atoms with E-state index < -0.39 is 16.1 Å². The largest absolute Gasteiger partial charge is 0.385 e. The Morgan fingerprint density at radius 2 is 1.72 bits per heavy atom. The fourth-order valence-corrected chi connectivity index (χ4v) is 5.09. The molecular weight excluding hydrogens is 502 g/mol. The summed E-state index contributed by atoms with van der Waals surface area (Å²) in [6.45, 7) is 2.99. The third-order valence-corrected chi connectivity index (χ3v) is 7.81. The van der Waals surface area contributed by atoms with Crippen molar-refractivity contribution in [2.75, 3.05) is 20.3 Å². The van der Waals surface area contributed by atoms with E-state index in [-0.39, 0.29) is 35.7 Å². The zero-order chi connectivity index (χ0) is 26.1. The minimum atomic E-state index is -3.52. The number of carbonyl (C=O) groups excluding carboxylic acids is 2. The number of carbonyl (C=O) groups is 2. The molecule has 1 saturated carbocycles.